The molecule has 0 amide bonds. The Bertz CT molecular complexity index is 920. The number of ketones is 1. The van der Waals surface area contributed by atoms with Crippen molar-refractivity contribution in [2.24, 2.45) is 0 Å². The number of ether oxygens (including phenoxy) is 5. The summed E-state index contributed by atoms with van der Waals surface area (Å²) < 4.78 is 108. The summed E-state index contributed by atoms with van der Waals surface area (Å²) in [5.74, 6) is -10.9. The average molecular weight is 651 g/mol. The van der Waals surface area contributed by atoms with E-state index < -0.39 is 65.7 Å². The van der Waals surface area contributed by atoms with Gasteiger partial charge >= 0.3 is 46.9 Å². The Morgan fingerprint density at radius 1 is 0.738 bits per heavy atom. The van der Waals surface area contributed by atoms with E-state index in [1.807, 2.05) is 0 Å². The van der Waals surface area contributed by atoms with Gasteiger partial charge in [0.25, 0.3) is 5.76 Å². The molecular formula is C24H31ClF8O9. The summed E-state index contributed by atoms with van der Waals surface area (Å²) >= 11 is 5.05. The minimum Gasteiger partial charge on any atom is -0.479 e. The van der Waals surface area contributed by atoms with E-state index in [0.29, 0.717) is 0 Å². The zero-order valence-corrected chi connectivity index (χ0v) is 23.5. The fourth-order valence-corrected chi connectivity index (χ4v) is 1.92. The minimum atomic E-state index is -5.05. The topological polar surface area (TPSA) is 114 Å². The van der Waals surface area contributed by atoms with Gasteiger partial charge in [-0.2, -0.15) is 30.7 Å². The molecule has 18 heteroatoms. The molecule has 1 atom stereocenters. The maximum Gasteiger partial charge on any atom is 0.443 e. The molecule has 42 heavy (non-hydrogen) atoms. The number of rotatable bonds is 15. The Balaban J connectivity index is -0.000000256. The van der Waals surface area contributed by atoms with Gasteiger partial charge in [-0.1, -0.05) is 36.4 Å². The van der Waals surface area contributed by atoms with E-state index in [4.69, 9.17) is 11.6 Å². The summed E-state index contributed by atoms with van der Waals surface area (Å²) in [6.07, 6.45) is -4.93. The molecule has 0 saturated heterocycles. The largest absolute Gasteiger partial charge is 0.479 e. The van der Waals surface area contributed by atoms with E-state index in [2.05, 4.69) is 43.4 Å². The molecule has 0 aliphatic rings. The molecule has 0 aliphatic heterocycles. The van der Waals surface area contributed by atoms with Crippen LogP contribution in [0.2, 0.25) is 0 Å². The number of esters is 3. The van der Waals surface area contributed by atoms with Crippen molar-refractivity contribution >= 4 is 35.3 Å². The van der Waals surface area contributed by atoms with Crippen LogP contribution < -0.4 is 0 Å². The number of hydrogen-bond donors (Lipinski definition) is 0. The van der Waals surface area contributed by atoms with Crippen molar-refractivity contribution in [2.75, 3.05) is 33.0 Å². The summed E-state index contributed by atoms with van der Waals surface area (Å²) in [6.45, 7) is 12.8. The Morgan fingerprint density at radius 2 is 1.19 bits per heavy atom. The molecule has 0 aromatic rings. The lowest BCUT2D eigenvalue weighted by atomic mass is 10.1. The highest BCUT2D eigenvalue weighted by atomic mass is 35.5. The van der Waals surface area contributed by atoms with E-state index in [1.165, 1.54) is 26.8 Å². The van der Waals surface area contributed by atoms with Crippen LogP contribution in [-0.4, -0.2) is 73.9 Å². The molecule has 0 fully saturated rings. The normalized spacial score (nSPS) is 11.6. The summed E-state index contributed by atoms with van der Waals surface area (Å²) in [5, 5.41) is -3.46. The van der Waals surface area contributed by atoms with Gasteiger partial charge in [-0.3, -0.25) is 9.50 Å². The number of hydrogen-bond acceptors (Lipinski definition) is 9. The van der Waals surface area contributed by atoms with E-state index in [9.17, 15) is 49.9 Å². The van der Waals surface area contributed by atoms with Crippen LogP contribution in [0.15, 0.2) is 49.8 Å². The van der Waals surface area contributed by atoms with Crippen molar-refractivity contribution in [1.82, 2.24) is 0 Å². The number of carbonyl (C=O) groups excluding carboxylic acids is 4. The molecule has 0 N–H and O–H groups in total. The molecule has 1 unspecified atom stereocenters. The van der Waals surface area contributed by atoms with E-state index in [0.717, 1.165) is 12.2 Å². The molecule has 9 nitrogen and oxygen atoms in total. The molecule has 0 aliphatic carbocycles. The summed E-state index contributed by atoms with van der Waals surface area (Å²) in [5.41, 5.74) is 0. The third-order valence-electron chi connectivity index (χ3n) is 3.47. The first-order valence-electron chi connectivity index (χ1n) is 11.2. The highest BCUT2D eigenvalue weighted by Crippen LogP contribution is 2.38. The van der Waals surface area contributed by atoms with Gasteiger partial charge in [0.05, 0.1) is 26.4 Å². The summed E-state index contributed by atoms with van der Waals surface area (Å²) in [4.78, 5) is 43.0. The third-order valence-corrected chi connectivity index (χ3v) is 3.95. The first-order chi connectivity index (χ1) is 18.9. The van der Waals surface area contributed by atoms with Crippen LogP contribution in [0.5, 0.6) is 0 Å². The Hall–Kier alpha value is -3.47. The highest BCUT2D eigenvalue weighted by molar-refractivity contribution is 6.36. The van der Waals surface area contributed by atoms with Gasteiger partial charge in [-0.05, 0) is 20.8 Å². The maximum absolute atomic E-state index is 12.7. The van der Waals surface area contributed by atoms with E-state index in [-0.39, 0.29) is 31.1 Å². The molecule has 0 radical (unpaired) electrons. The number of halogens is 9. The standard InChI is InChI=1S/C8H10ClF3O3.2C8H10F2O3.FH/c1-3-5-15-7(9,8(10,11)12)6(13)14-4-2;1-3-5-13-6(7(9)10)8(11)12-4-2;1-3-5-8(9,10)6(11)7(12)13-4-2;/h3H,1,4-5H2,2H3;2*3H,1,4-5H2,2H3;1H. The monoisotopic (exact) mass is 650 g/mol. The lowest BCUT2D eigenvalue weighted by Crippen LogP contribution is -2.50. The van der Waals surface area contributed by atoms with Crippen molar-refractivity contribution < 1.29 is 78.3 Å². The van der Waals surface area contributed by atoms with Crippen LogP contribution >= 0.6 is 11.6 Å². The second-order valence-corrected chi connectivity index (χ2v) is 7.10. The van der Waals surface area contributed by atoms with Crippen LogP contribution in [0.3, 0.4) is 0 Å². The molecule has 0 aromatic heterocycles. The van der Waals surface area contributed by atoms with Gasteiger partial charge in [-0.25, -0.2) is 14.4 Å². The van der Waals surface area contributed by atoms with Crippen LogP contribution in [0, 0.1) is 0 Å². The quantitative estimate of drug-likeness (QED) is 0.0327. The number of allylic oxidation sites excluding steroid dienone is 1. The smallest absolute Gasteiger partial charge is 0.443 e. The van der Waals surface area contributed by atoms with E-state index >= 15 is 0 Å². The molecular weight excluding hydrogens is 620 g/mol. The number of Topliss-reactive ketones (excluding diaryl/α,β-unsaturated/α-hetero) is 1. The number of alkyl halides is 6. The molecule has 0 heterocycles. The van der Waals surface area contributed by atoms with Gasteiger partial charge in [0.1, 0.15) is 6.61 Å². The third kappa shape index (κ3) is 17.4. The van der Waals surface area contributed by atoms with Crippen molar-refractivity contribution in [3.63, 3.8) is 0 Å². The molecule has 244 valence electrons. The SMILES string of the molecule is C=CCC(F)(F)C(=O)C(=O)OCC.C=CCOC(C(=O)OCC)=C(F)F.C=CCOC(Cl)(C(=O)OCC)C(F)(F)F.F. The highest BCUT2D eigenvalue weighted by Gasteiger charge is 2.62. The number of carbonyl (C=O) groups is 4. The Morgan fingerprint density at radius 3 is 1.55 bits per heavy atom. The van der Waals surface area contributed by atoms with Gasteiger partial charge < -0.3 is 23.7 Å². The lowest BCUT2D eigenvalue weighted by Gasteiger charge is -2.26. The predicted molar refractivity (Wildman–Crippen MR) is 133 cm³/mol. The molecule has 0 bridgehead atoms. The van der Waals surface area contributed by atoms with Crippen molar-refractivity contribution in [3.05, 3.63) is 49.8 Å². The zero-order valence-electron chi connectivity index (χ0n) is 22.7. The Kier molecular flexibility index (Phi) is 25.1. The van der Waals surface area contributed by atoms with Gasteiger partial charge in [0.2, 0.25) is 0 Å². The first-order valence-corrected chi connectivity index (χ1v) is 11.6. The van der Waals surface area contributed by atoms with Crippen LogP contribution in [0.1, 0.15) is 27.2 Å². The van der Waals surface area contributed by atoms with Crippen molar-refractivity contribution in [2.45, 2.75) is 44.4 Å². The van der Waals surface area contributed by atoms with Crippen LogP contribution in [0.25, 0.3) is 0 Å². The second-order valence-electron chi connectivity index (χ2n) is 6.57. The van der Waals surface area contributed by atoms with Gasteiger partial charge in [-0.15, -0.1) is 13.2 Å². The van der Waals surface area contributed by atoms with E-state index in [1.54, 1.807) is 0 Å². The average Bonchev–Trinajstić information content (AvgIpc) is 2.87. The lowest BCUT2D eigenvalue weighted by molar-refractivity contribution is -0.244. The Labute approximate surface area is 241 Å². The minimum absolute atomic E-state index is 0. The second kappa shape index (κ2) is 23.1. The van der Waals surface area contributed by atoms with Crippen molar-refractivity contribution in [1.29, 1.82) is 0 Å². The van der Waals surface area contributed by atoms with Crippen LogP contribution in [-0.2, 0) is 42.9 Å². The molecule has 0 aromatic carbocycles. The predicted octanol–water partition coefficient (Wildman–Crippen LogP) is 5.59. The fraction of sp³-hybridized carbons (Fsp3) is 0.500. The summed E-state index contributed by atoms with van der Waals surface area (Å²) in [6, 6.07) is 0. The maximum atomic E-state index is 12.7. The zero-order chi connectivity index (χ0) is 32.9. The molecule has 0 saturated carbocycles. The first kappa shape index (κ1) is 45.5. The fourth-order valence-electron chi connectivity index (χ4n) is 1.80. The van der Waals surface area contributed by atoms with Gasteiger partial charge in [0, 0.05) is 6.42 Å². The van der Waals surface area contributed by atoms with Gasteiger partial charge in [0.15, 0.2) is 0 Å². The van der Waals surface area contributed by atoms with Crippen LogP contribution in [0.4, 0.5) is 35.4 Å². The summed E-state index contributed by atoms with van der Waals surface area (Å²) in [7, 11) is 0. The van der Waals surface area contributed by atoms with Crippen molar-refractivity contribution in [3.8, 4) is 0 Å². The molecule has 0 spiro atoms. The molecule has 0 rings (SSSR count).